The molecule has 0 heterocycles. The van der Waals surface area contributed by atoms with Crippen molar-refractivity contribution < 1.29 is 9.53 Å². The van der Waals surface area contributed by atoms with Gasteiger partial charge < -0.3 is 4.74 Å². The van der Waals surface area contributed by atoms with Crippen molar-refractivity contribution in [3.05, 3.63) is 35.9 Å². The topological polar surface area (TPSA) is 38.7 Å². The van der Waals surface area contributed by atoms with Crippen LogP contribution in [0.4, 0.5) is 0 Å². The molecule has 1 aromatic rings. The average Bonchev–Trinajstić information content (AvgIpc) is 2.26. The zero-order valence-corrected chi connectivity index (χ0v) is 8.36. The predicted molar refractivity (Wildman–Crippen MR) is 55.3 cm³/mol. The fourth-order valence-corrected chi connectivity index (χ4v) is 1.00. The Labute approximate surface area is 83.4 Å². The van der Waals surface area contributed by atoms with E-state index < -0.39 is 0 Å². The number of amides is 1. The largest absolute Gasteiger partial charge is 0.480 e. The molecule has 0 aromatic heterocycles. The Hall–Kier alpha value is -1.64. The number of methoxy groups -OCH3 is 1. The molecule has 0 unspecified atom stereocenters. The van der Waals surface area contributed by atoms with E-state index in [4.69, 9.17) is 4.74 Å². The number of hydrogen-bond donors (Lipinski definition) is 0. The summed E-state index contributed by atoms with van der Waals surface area (Å²) in [6.45, 7) is 1.77. The lowest BCUT2D eigenvalue weighted by atomic mass is 10.2. The average molecular weight is 191 g/mol. The zero-order chi connectivity index (χ0) is 10.4. The standard InChI is InChI=1S/C11H13NO2/c1-3-10(13)12-11(14-2)9-7-5-4-6-8-9/h4-8H,3H2,1-2H3. The molecule has 0 N–H and O–H groups in total. The summed E-state index contributed by atoms with van der Waals surface area (Å²) in [5.41, 5.74) is 0.816. The van der Waals surface area contributed by atoms with Gasteiger partial charge in [-0.05, 0) is 12.1 Å². The van der Waals surface area contributed by atoms with E-state index in [1.165, 1.54) is 7.11 Å². The monoisotopic (exact) mass is 191 g/mol. The lowest BCUT2D eigenvalue weighted by Crippen LogP contribution is -2.06. The van der Waals surface area contributed by atoms with Crippen LogP contribution < -0.4 is 0 Å². The van der Waals surface area contributed by atoms with Crippen LogP contribution in [0.25, 0.3) is 0 Å². The Morgan fingerprint density at radius 2 is 2.00 bits per heavy atom. The zero-order valence-electron chi connectivity index (χ0n) is 8.36. The molecule has 0 spiro atoms. The van der Waals surface area contributed by atoms with Gasteiger partial charge >= 0.3 is 0 Å². The quantitative estimate of drug-likeness (QED) is 0.530. The van der Waals surface area contributed by atoms with Crippen molar-refractivity contribution in [1.82, 2.24) is 0 Å². The van der Waals surface area contributed by atoms with E-state index in [1.807, 2.05) is 30.3 Å². The summed E-state index contributed by atoms with van der Waals surface area (Å²) < 4.78 is 5.04. The maximum Gasteiger partial charge on any atom is 0.248 e. The number of ether oxygens (including phenoxy) is 1. The van der Waals surface area contributed by atoms with E-state index in [0.717, 1.165) is 5.56 Å². The van der Waals surface area contributed by atoms with Crippen LogP contribution in [0.3, 0.4) is 0 Å². The summed E-state index contributed by atoms with van der Waals surface area (Å²) in [5.74, 6) is 0.197. The molecular weight excluding hydrogens is 178 g/mol. The Morgan fingerprint density at radius 1 is 1.36 bits per heavy atom. The molecule has 0 aliphatic carbocycles. The minimum Gasteiger partial charge on any atom is -0.480 e. The Morgan fingerprint density at radius 3 is 2.50 bits per heavy atom. The van der Waals surface area contributed by atoms with Crippen LogP contribution in [0.15, 0.2) is 35.3 Å². The maximum absolute atomic E-state index is 11.1. The van der Waals surface area contributed by atoms with E-state index in [9.17, 15) is 4.79 Å². The number of rotatable bonds is 2. The normalized spacial score (nSPS) is 11.1. The molecule has 1 amide bonds. The van der Waals surface area contributed by atoms with Gasteiger partial charge in [0, 0.05) is 12.0 Å². The van der Waals surface area contributed by atoms with Gasteiger partial charge in [0.25, 0.3) is 0 Å². The Kier molecular flexibility index (Phi) is 3.85. The van der Waals surface area contributed by atoms with Gasteiger partial charge in [-0.2, -0.15) is 4.99 Å². The molecule has 74 valence electrons. The van der Waals surface area contributed by atoms with Gasteiger partial charge in [0.15, 0.2) is 0 Å². The van der Waals surface area contributed by atoms with Crippen LogP contribution in [0.1, 0.15) is 18.9 Å². The van der Waals surface area contributed by atoms with Gasteiger partial charge in [0.1, 0.15) is 0 Å². The maximum atomic E-state index is 11.1. The number of benzene rings is 1. The van der Waals surface area contributed by atoms with Gasteiger partial charge in [-0.3, -0.25) is 4.79 Å². The number of aliphatic imine (C=N–C) groups is 1. The highest BCUT2D eigenvalue weighted by molar-refractivity contribution is 6.01. The molecule has 14 heavy (non-hydrogen) atoms. The predicted octanol–water partition coefficient (Wildman–Crippen LogP) is 2.02. The molecule has 0 atom stereocenters. The third-order valence-electron chi connectivity index (χ3n) is 1.74. The van der Waals surface area contributed by atoms with E-state index in [1.54, 1.807) is 6.92 Å². The molecule has 3 heteroatoms. The van der Waals surface area contributed by atoms with Gasteiger partial charge in [-0.1, -0.05) is 25.1 Å². The van der Waals surface area contributed by atoms with E-state index in [2.05, 4.69) is 4.99 Å². The molecule has 0 aliphatic heterocycles. The highest BCUT2D eigenvalue weighted by Gasteiger charge is 2.04. The van der Waals surface area contributed by atoms with Crippen molar-refractivity contribution in [1.29, 1.82) is 0 Å². The third kappa shape index (κ3) is 2.69. The molecule has 0 fully saturated rings. The van der Waals surface area contributed by atoms with Crippen molar-refractivity contribution in [3.8, 4) is 0 Å². The number of hydrogen-bond acceptors (Lipinski definition) is 2. The first-order valence-electron chi connectivity index (χ1n) is 4.49. The van der Waals surface area contributed by atoms with E-state index in [0.29, 0.717) is 12.3 Å². The molecule has 1 aromatic carbocycles. The Bertz CT molecular complexity index is 330. The molecule has 0 radical (unpaired) electrons. The first-order valence-corrected chi connectivity index (χ1v) is 4.49. The number of nitrogens with zero attached hydrogens (tertiary/aromatic N) is 1. The van der Waals surface area contributed by atoms with Crippen LogP contribution >= 0.6 is 0 Å². The second-order valence-electron chi connectivity index (χ2n) is 2.73. The first kappa shape index (κ1) is 10.4. The molecule has 1 rings (SSSR count). The Balaban J connectivity index is 2.93. The molecular formula is C11H13NO2. The summed E-state index contributed by atoms with van der Waals surface area (Å²) >= 11 is 0. The fraction of sp³-hybridized carbons (Fsp3) is 0.273. The third-order valence-corrected chi connectivity index (χ3v) is 1.74. The summed E-state index contributed by atoms with van der Waals surface area (Å²) in [4.78, 5) is 14.9. The summed E-state index contributed by atoms with van der Waals surface area (Å²) in [7, 11) is 1.51. The summed E-state index contributed by atoms with van der Waals surface area (Å²) in [5, 5.41) is 0. The van der Waals surface area contributed by atoms with Crippen molar-refractivity contribution in [2.45, 2.75) is 13.3 Å². The second kappa shape index (κ2) is 5.17. The molecule has 0 saturated heterocycles. The first-order chi connectivity index (χ1) is 6.77. The van der Waals surface area contributed by atoms with Crippen LogP contribution in [0.5, 0.6) is 0 Å². The summed E-state index contributed by atoms with van der Waals surface area (Å²) in [6.07, 6.45) is 0.389. The minimum absolute atomic E-state index is 0.175. The van der Waals surface area contributed by atoms with Gasteiger partial charge in [-0.15, -0.1) is 0 Å². The van der Waals surface area contributed by atoms with Crippen LogP contribution in [0, 0.1) is 0 Å². The van der Waals surface area contributed by atoms with Crippen molar-refractivity contribution in [2.75, 3.05) is 7.11 Å². The second-order valence-corrected chi connectivity index (χ2v) is 2.73. The number of carbonyl (C=O) groups is 1. The smallest absolute Gasteiger partial charge is 0.248 e. The summed E-state index contributed by atoms with van der Waals surface area (Å²) in [6, 6.07) is 9.36. The van der Waals surface area contributed by atoms with Crippen molar-refractivity contribution >= 4 is 11.8 Å². The lowest BCUT2D eigenvalue weighted by Gasteiger charge is -2.03. The molecule has 0 aliphatic rings. The SMILES string of the molecule is CCC(=O)N=C(OC)c1ccccc1. The number of carbonyl (C=O) groups excluding carboxylic acids is 1. The van der Waals surface area contributed by atoms with Crippen molar-refractivity contribution in [2.24, 2.45) is 4.99 Å². The molecule has 0 bridgehead atoms. The minimum atomic E-state index is -0.175. The van der Waals surface area contributed by atoms with Gasteiger partial charge in [-0.25, -0.2) is 0 Å². The van der Waals surface area contributed by atoms with Gasteiger partial charge in [0.05, 0.1) is 7.11 Å². The molecule has 3 nitrogen and oxygen atoms in total. The molecule has 0 saturated carbocycles. The van der Waals surface area contributed by atoms with Crippen molar-refractivity contribution in [3.63, 3.8) is 0 Å². The van der Waals surface area contributed by atoms with Gasteiger partial charge in [0.2, 0.25) is 11.8 Å². The fourth-order valence-electron chi connectivity index (χ4n) is 1.00. The van der Waals surface area contributed by atoms with Crippen LogP contribution in [-0.4, -0.2) is 18.9 Å². The van der Waals surface area contributed by atoms with E-state index >= 15 is 0 Å². The highest BCUT2D eigenvalue weighted by atomic mass is 16.5. The van der Waals surface area contributed by atoms with Crippen LogP contribution in [-0.2, 0) is 9.53 Å². The lowest BCUT2D eigenvalue weighted by molar-refractivity contribution is -0.117. The van der Waals surface area contributed by atoms with Crippen LogP contribution in [0.2, 0.25) is 0 Å². The highest BCUT2D eigenvalue weighted by Crippen LogP contribution is 2.02. The van der Waals surface area contributed by atoms with E-state index in [-0.39, 0.29) is 5.91 Å².